The maximum Gasteiger partial charge on any atom is 0.210 e. The Morgan fingerprint density at radius 1 is 1.05 bits per heavy atom. The molecular formula is C17H25N3O. The number of anilines is 1. The van der Waals surface area contributed by atoms with Crippen molar-refractivity contribution in [2.75, 3.05) is 24.5 Å². The lowest BCUT2D eigenvalue weighted by atomic mass is 9.96. The normalized spacial score (nSPS) is 23.7. The Bertz CT molecular complexity index is 469. The van der Waals surface area contributed by atoms with Gasteiger partial charge in [0, 0.05) is 31.4 Å². The Hall–Kier alpha value is -1.58. The van der Waals surface area contributed by atoms with E-state index in [0.29, 0.717) is 0 Å². The Morgan fingerprint density at radius 2 is 1.81 bits per heavy atom. The minimum Gasteiger partial charge on any atom is -0.356 e. The predicted octanol–water partition coefficient (Wildman–Crippen LogP) is 3.15. The highest BCUT2D eigenvalue weighted by Crippen LogP contribution is 2.35. The molecule has 2 aliphatic heterocycles. The maximum atomic E-state index is 11.4. The molecule has 0 spiro atoms. The molecule has 2 aliphatic rings. The molecule has 3 rings (SSSR count). The number of pyridine rings is 1. The van der Waals surface area contributed by atoms with Gasteiger partial charge in [-0.25, -0.2) is 4.98 Å². The summed E-state index contributed by atoms with van der Waals surface area (Å²) in [7, 11) is 0. The Kier molecular flexibility index (Phi) is 4.73. The number of hydrogen-bond acceptors (Lipinski definition) is 3. The van der Waals surface area contributed by atoms with Crippen molar-refractivity contribution in [3.05, 3.63) is 23.9 Å². The highest BCUT2D eigenvalue weighted by atomic mass is 16.1. The first-order chi connectivity index (χ1) is 10.4. The van der Waals surface area contributed by atoms with Crippen molar-refractivity contribution < 1.29 is 4.79 Å². The molecule has 0 unspecified atom stereocenters. The maximum absolute atomic E-state index is 11.4. The van der Waals surface area contributed by atoms with Crippen LogP contribution in [-0.4, -0.2) is 35.9 Å². The quantitative estimate of drug-likeness (QED) is 0.801. The molecule has 0 aromatic carbocycles. The average Bonchev–Trinajstić information content (AvgIpc) is 2.84. The summed E-state index contributed by atoms with van der Waals surface area (Å²) in [5, 5.41) is 0. The molecule has 0 saturated carbocycles. The molecule has 21 heavy (non-hydrogen) atoms. The van der Waals surface area contributed by atoms with Crippen LogP contribution in [0.1, 0.15) is 56.6 Å². The van der Waals surface area contributed by atoms with Crippen molar-refractivity contribution in [1.29, 1.82) is 0 Å². The fourth-order valence-corrected chi connectivity index (χ4v) is 3.63. The van der Waals surface area contributed by atoms with E-state index in [-0.39, 0.29) is 6.04 Å². The van der Waals surface area contributed by atoms with E-state index in [2.05, 4.69) is 16.0 Å². The van der Waals surface area contributed by atoms with E-state index in [0.717, 1.165) is 44.7 Å². The minimum atomic E-state index is 0.211. The van der Waals surface area contributed by atoms with Gasteiger partial charge in [0.25, 0.3) is 0 Å². The van der Waals surface area contributed by atoms with Gasteiger partial charge in [-0.15, -0.1) is 0 Å². The van der Waals surface area contributed by atoms with Crippen LogP contribution < -0.4 is 4.90 Å². The number of piperidine rings is 1. The van der Waals surface area contributed by atoms with E-state index in [9.17, 15) is 4.79 Å². The second kappa shape index (κ2) is 6.92. The van der Waals surface area contributed by atoms with Crippen molar-refractivity contribution in [3.63, 3.8) is 0 Å². The number of likely N-dealkylation sites (tertiary alicyclic amines) is 1. The molecule has 2 fully saturated rings. The second-order valence-electron chi connectivity index (χ2n) is 6.17. The number of carbonyl (C=O) groups is 1. The highest BCUT2D eigenvalue weighted by Gasteiger charge is 2.27. The zero-order chi connectivity index (χ0) is 14.5. The SMILES string of the molecule is O=CN1CCCC[C@H]1c1cccnc1N1CCCCCC1. The molecule has 4 nitrogen and oxygen atoms in total. The largest absolute Gasteiger partial charge is 0.356 e. The summed E-state index contributed by atoms with van der Waals surface area (Å²) < 4.78 is 0. The summed E-state index contributed by atoms with van der Waals surface area (Å²) in [6.45, 7) is 3.07. The van der Waals surface area contributed by atoms with Crippen LogP contribution in [0, 0.1) is 0 Å². The zero-order valence-electron chi connectivity index (χ0n) is 12.7. The van der Waals surface area contributed by atoms with Crippen LogP contribution in [-0.2, 0) is 4.79 Å². The lowest BCUT2D eigenvalue weighted by Crippen LogP contribution is -2.34. The summed E-state index contributed by atoms with van der Waals surface area (Å²) >= 11 is 0. The standard InChI is InChI=1S/C17H25N3O/c21-14-20-13-6-3-9-16(20)15-8-7-10-18-17(15)19-11-4-1-2-5-12-19/h7-8,10,14,16H,1-6,9,11-13H2/t16-/m0/s1. The van der Waals surface area contributed by atoms with Gasteiger partial charge in [0.1, 0.15) is 5.82 Å². The van der Waals surface area contributed by atoms with Crippen molar-refractivity contribution in [1.82, 2.24) is 9.88 Å². The van der Waals surface area contributed by atoms with Crippen LogP contribution in [0.4, 0.5) is 5.82 Å². The molecule has 1 atom stereocenters. The molecule has 4 heteroatoms. The summed E-state index contributed by atoms with van der Waals surface area (Å²) in [5.74, 6) is 1.11. The average molecular weight is 287 g/mol. The number of amides is 1. The molecule has 3 heterocycles. The van der Waals surface area contributed by atoms with E-state index >= 15 is 0 Å². The molecule has 0 bridgehead atoms. The van der Waals surface area contributed by atoms with Gasteiger partial charge in [0.2, 0.25) is 6.41 Å². The van der Waals surface area contributed by atoms with Gasteiger partial charge in [0.15, 0.2) is 0 Å². The summed E-state index contributed by atoms with van der Waals surface area (Å²) in [5.41, 5.74) is 1.24. The fourth-order valence-electron chi connectivity index (χ4n) is 3.63. The van der Waals surface area contributed by atoms with E-state index in [1.807, 2.05) is 17.2 Å². The van der Waals surface area contributed by atoms with Crippen LogP contribution in [0.15, 0.2) is 18.3 Å². The van der Waals surface area contributed by atoms with E-state index in [1.165, 1.54) is 37.7 Å². The van der Waals surface area contributed by atoms with Gasteiger partial charge in [0.05, 0.1) is 6.04 Å². The lowest BCUT2D eigenvalue weighted by molar-refractivity contribution is -0.121. The van der Waals surface area contributed by atoms with Crippen LogP contribution in [0.25, 0.3) is 0 Å². The Labute approximate surface area is 127 Å². The molecule has 0 radical (unpaired) electrons. The molecule has 1 amide bonds. The number of hydrogen-bond donors (Lipinski definition) is 0. The number of nitrogens with zero attached hydrogens (tertiary/aromatic N) is 3. The van der Waals surface area contributed by atoms with Crippen molar-refractivity contribution in [2.24, 2.45) is 0 Å². The molecule has 114 valence electrons. The second-order valence-corrected chi connectivity index (χ2v) is 6.17. The summed E-state index contributed by atoms with van der Waals surface area (Å²) in [4.78, 5) is 20.4. The highest BCUT2D eigenvalue weighted by molar-refractivity contribution is 5.54. The minimum absolute atomic E-state index is 0.211. The first kappa shape index (κ1) is 14.4. The summed E-state index contributed by atoms with van der Waals surface area (Å²) in [6, 6.07) is 4.39. The van der Waals surface area contributed by atoms with E-state index in [4.69, 9.17) is 0 Å². The molecule has 1 aromatic heterocycles. The van der Waals surface area contributed by atoms with Gasteiger partial charge < -0.3 is 9.80 Å². The topological polar surface area (TPSA) is 36.4 Å². The van der Waals surface area contributed by atoms with E-state index in [1.54, 1.807) is 0 Å². The van der Waals surface area contributed by atoms with Crippen LogP contribution in [0.2, 0.25) is 0 Å². The third-order valence-electron chi connectivity index (χ3n) is 4.76. The molecule has 2 saturated heterocycles. The molecule has 1 aromatic rings. The Morgan fingerprint density at radius 3 is 2.57 bits per heavy atom. The van der Waals surface area contributed by atoms with Gasteiger partial charge in [-0.2, -0.15) is 0 Å². The van der Waals surface area contributed by atoms with Gasteiger partial charge in [-0.1, -0.05) is 18.9 Å². The van der Waals surface area contributed by atoms with E-state index < -0.39 is 0 Å². The first-order valence-electron chi connectivity index (χ1n) is 8.31. The number of rotatable bonds is 3. The van der Waals surface area contributed by atoms with Crippen LogP contribution in [0.3, 0.4) is 0 Å². The first-order valence-corrected chi connectivity index (χ1v) is 8.31. The third kappa shape index (κ3) is 3.20. The van der Waals surface area contributed by atoms with Crippen molar-refractivity contribution in [3.8, 4) is 0 Å². The molecule has 0 aliphatic carbocycles. The Balaban J connectivity index is 1.89. The van der Waals surface area contributed by atoms with Crippen LogP contribution >= 0.6 is 0 Å². The molecular weight excluding hydrogens is 262 g/mol. The molecule has 0 N–H and O–H groups in total. The fraction of sp³-hybridized carbons (Fsp3) is 0.647. The van der Waals surface area contributed by atoms with Crippen LogP contribution in [0.5, 0.6) is 0 Å². The van der Waals surface area contributed by atoms with Crippen molar-refractivity contribution >= 4 is 12.2 Å². The third-order valence-corrected chi connectivity index (χ3v) is 4.76. The van der Waals surface area contributed by atoms with Crippen molar-refractivity contribution in [2.45, 2.75) is 51.0 Å². The lowest BCUT2D eigenvalue weighted by Gasteiger charge is -2.35. The smallest absolute Gasteiger partial charge is 0.210 e. The van der Waals surface area contributed by atoms with Gasteiger partial charge in [-0.3, -0.25) is 4.79 Å². The van der Waals surface area contributed by atoms with Gasteiger partial charge in [-0.05, 0) is 38.2 Å². The van der Waals surface area contributed by atoms with Gasteiger partial charge >= 0.3 is 0 Å². The zero-order valence-corrected chi connectivity index (χ0v) is 12.7. The number of aromatic nitrogens is 1. The predicted molar refractivity (Wildman–Crippen MR) is 84.3 cm³/mol. The monoisotopic (exact) mass is 287 g/mol. The number of carbonyl (C=O) groups excluding carboxylic acids is 1. The summed E-state index contributed by atoms with van der Waals surface area (Å²) in [6.07, 6.45) is 11.4.